The fourth-order valence-electron chi connectivity index (χ4n) is 1.70. The van der Waals surface area contributed by atoms with E-state index in [2.05, 4.69) is 33.9 Å². The van der Waals surface area contributed by atoms with Gasteiger partial charge in [-0.15, -0.1) is 0 Å². The van der Waals surface area contributed by atoms with Crippen molar-refractivity contribution in [1.29, 1.82) is 5.26 Å². The Kier molecular flexibility index (Phi) is 4.06. The van der Waals surface area contributed by atoms with Gasteiger partial charge in [0.05, 0.1) is 4.83 Å². The number of nitrogens with one attached hydrogen (secondary N) is 1. The summed E-state index contributed by atoms with van der Waals surface area (Å²) in [6.45, 7) is 4.04. The Bertz CT molecular complexity index is 514. The van der Waals surface area contributed by atoms with Crippen LogP contribution in [0.15, 0.2) is 42.6 Å². The molecule has 1 aromatic carbocycles. The number of nitriles is 1. The van der Waals surface area contributed by atoms with E-state index < -0.39 is 0 Å². The minimum Gasteiger partial charge on any atom is -0.479 e. The van der Waals surface area contributed by atoms with Crippen molar-refractivity contribution in [1.82, 2.24) is 5.32 Å². The number of halogens is 1. The molecule has 18 heavy (non-hydrogen) atoms. The Hall–Kier alpha value is -1.73. The summed E-state index contributed by atoms with van der Waals surface area (Å²) in [6, 6.07) is 9.59. The van der Waals surface area contributed by atoms with E-state index in [0.29, 0.717) is 10.6 Å². The molecule has 1 unspecified atom stereocenters. The molecule has 1 atom stereocenters. The van der Waals surface area contributed by atoms with E-state index >= 15 is 0 Å². The van der Waals surface area contributed by atoms with Crippen molar-refractivity contribution in [3.8, 4) is 11.8 Å². The van der Waals surface area contributed by atoms with Crippen LogP contribution in [-0.2, 0) is 0 Å². The molecule has 0 saturated carbocycles. The van der Waals surface area contributed by atoms with Crippen LogP contribution in [-0.4, -0.2) is 11.4 Å². The Balaban J connectivity index is 2.11. The second kappa shape index (κ2) is 5.74. The summed E-state index contributed by atoms with van der Waals surface area (Å²) in [5, 5.41) is 11.7. The van der Waals surface area contributed by atoms with Gasteiger partial charge in [-0.05, 0) is 36.2 Å². The minimum absolute atomic E-state index is 0.0718. The van der Waals surface area contributed by atoms with Crippen LogP contribution in [0.2, 0.25) is 0 Å². The van der Waals surface area contributed by atoms with Crippen LogP contribution in [0.1, 0.15) is 12.0 Å². The van der Waals surface area contributed by atoms with Gasteiger partial charge in [-0.2, -0.15) is 5.26 Å². The molecule has 92 valence electrons. The molecular weight excluding hydrogens is 292 g/mol. The number of rotatable bonds is 3. The summed E-state index contributed by atoms with van der Waals surface area (Å²) in [7, 11) is 0. The smallest absolute Gasteiger partial charge is 0.174 e. The number of allylic oxidation sites excluding steroid dienone is 2. The fraction of sp³-hybridized carbons (Fsp3) is 0.214. The first-order valence-electron chi connectivity index (χ1n) is 5.61. The monoisotopic (exact) mass is 304 g/mol. The molecule has 1 heterocycles. The first kappa shape index (κ1) is 12.7. The van der Waals surface area contributed by atoms with Crippen LogP contribution in [0.4, 0.5) is 0 Å². The average Bonchev–Trinajstić information content (AvgIpc) is 2.40. The predicted molar refractivity (Wildman–Crippen MR) is 75.1 cm³/mol. The largest absolute Gasteiger partial charge is 0.479 e. The van der Waals surface area contributed by atoms with Gasteiger partial charge in [-0.1, -0.05) is 28.6 Å². The van der Waals surface area contributed by atoms with Crippen molar-refractivity contribution >= 4 is 21.6 Å². The van der Waals surface area contributed by atoms with E-state index in [1.807, 2.05) is 30.3 Å². The van der Waals surface area contributed by atoms with Gasteiger partial charge in [0.15, 0.2) is 6.61 Å². The van der Waals surface area contributed by atoms with E-state index in [4.69, 9.17) is 10.00 Å². The van der Waals surface area contributed by atoms with Crippen molar-refractivity contribution in [3.05, 3.63) is 48.2 Å². The topological polar surface area (TPSA) is 45.0 Å². The van der Waals surface area contributed by atoms with E-state index in [1.54, 1.807) is 0 Å². The third kappa shape index (κ3) is 2.93. The molecular formula is C14H13BrN2O. The molecule has 0 aromatic heterocycles. The van der Waals surface area contributed by atoms with Gasteiger partial charge in [0.25, 0.3) is 0 Å². The summed E-state index contributed by atoms with van der Waals surface area (Å²) in [6.07, 6.45) is 3.06. The lowest BCUT2D eigenvalue weighted by Crippen LogP contribution is -2.22. The molecule has 0 fully saturated rings. The Labute approximate surface area is 115 Å². The molecule has 1 aliphatic rings. The first-order valence-corrected chi connectivity index (χ1v) is 6.52. The highest BCUT2D eigenvalue weighted by Gasteiger charge is 2.15. The lowest BCUT2D eigenvalue weighted by atomic mass is 10.1. The molecule has 0 amide bonds. The summed E-state index contributed by atoms with van der Waals surface area (Å²) < 4.78 is 5.21. The van der Waals surface area contributed by atoms with Gasteiger partial charge >= 0.3 is 0 Å². The lowest BCUT2D eigenvalue weighted by Gasteiger charge is -2.22. The summed E-state index contributed by atoms with van der Waals surface area (Å²) in [5.41, 5.74) is 3.11. The number of benzene rings is 1. The standard InChI is InChI=1S/C14H13BrN2O/c1-10-13(15)6-7-14(17-10)11-2-4-12(5-3-11)18-9-8-16/h2-5,7,13,17H,1,6,9H2. The summed E-state index contributed by atoms with van der Waals surface area (Å²) in [4.78, 5) is 0.291. The first-order chi connectivity index (χ1) is 8.70. The summed E-state index contributed by atoms with van der Waals surface area (Å²) >= 11 is 3.54. The van der Waals surface area contributed by atoms with E-state index in [1.165, 1.54) is 0 Å². The normalized spacial score (nSPS) is 18.6. The van der Waals surface area contributed by atoms with Crippen LogP contribution in [0.5, 0.6) is 5.75 Å². The third-order valence-electron chi connectivity index (χ3n) is 2.67. The van der Waals surface area contributed by atoms with Gasteiger partial charge in [0, 0.05) is 11.4 Å². The molecule has 0 saturated heterocycles. The van der Waals surface area contributed by atoms with Crippen LogP contribution in [0.3, 0.4) is 0 Å². The highest BCUT2D eigenvalue weighted by molar-refractivity contribution is 9.09. The maximum absolute atomic E-state index is 8.43. The SMILES string of the molecule is C=C1NC(c2ccc(OCC#N)cc2)=CCC1Br. The number of nitrogens with zero attached hydrogens (tertiary/aromatic N) is 1. The highest BCUT2D eigenvalue weighted by Crippen LogP contribution is 2.26. The van der Waals surface area contributed by atoms with E-state index in [9.17, 15) is 0 Å². The van der Waals surface area contributed by atoms with Crippen molar-refractivity contribution in [3.63, 3.8) is 0 Å². The molecule has 3 nitrogen and oxygen atoms in total. The zero-order chi connectivity index (χ0) is 13.0. The Morgan fingerprint density at radius 1 is 1.44 bits per heavy atom. The minimum atomic E-state index is 0.0718. The second-order valence-electron chi connectivity index (χ2n) is 3.94. The van der Waals surface area contributed by atoms with E-state index in [0.717, 1.165) is 23.4 Å². The molecule has 0 bridgehead atoms. The van der Waals surface area contributed by atoms with Crippen LogP contribution in [0, 0.1) is 11.3 Å². The van der Waals surface area contributed by atoms with Gasteiger partial charge in [0.2, 0.25) is 0 Å². The van der Waals surface area contributed by atoms with Crippen LogP contribution < -0.4 is 10.1 Å². The van der Waals surface area contributed by atoms with Crippen LogP contribution in [0.25, 0.3) is 5.70 Å². The van der Waals surface area contributed by atoms with Gasteiger partial charge in [0.1, 0.15) is 11.8 Å². The second-order valence-corrected chi connectivity index (χ2v) is 5.05. The zero-order valence-corrected chi connectivity index (χ0v) is 11.4. The fourth-order valence-corrected chi connectivity index (χ4v) is 2.00. The predicted octanol–water partition coefficient (Wildman–Crippen LogP) is 3.20. The number of alkyl halides is 1. The van der Waals surface area contributed by atoms with Gasteiger partial charge in [-0.3, -0.25) is 0 Å². The van der Waals surface area contributed by atoms with Crippen molar-refractivity contribution in [2.45, 2.75) is 11.2 Å². The average molecular weight is 305 g/mol. The van der Waals surface area contributed by atoms with Crippen molar-refractivity contribution < 1.29 is 4.74 Å². The Morgan fingerprint density at radius 2 is 2.17 bits per heavy atom. The molecule has 1 N–H and O–H groups in total. The number of hydrogen-bond acceptors (Lipinski definition) is 3. The number of ether oxygens (including phenoxy) is 1. The van der Waals surface area contributed by atoms with Crippen molar-refractivity contribution in [2.24, 2.45) is 0 Å². The maximum Gasteiger partial charge on any atom is 0.174 e. The van der Waals surface area contributed by atoms with Crippen LogP contribution >= 0.6 is 15.9 Å². The maximum atomic E-state index is 8.43. The van der Waals surface area contributed by atoms with Gasteiger partial charge in [-0.25, -0.2) is 0 Å². The van der Waals surface area contributed by atoms with E-state index in [-0.39, 0.29) is 6.61 Å². The lowest BCUT2D eigenvalue weighted by molar-refractivity contribution is 0.368. The van der Waals surface area contributed by atoms with Crippen molar-refractivity contribution in [2.75, 3.05) is 6.61 Å². The van der Waals surface area contributed by atoms with Gasteiger partial charge < -0.3 is 10.1 Å². The molecule has 1 aliphatic heterocycles. The Morgan fingerprint density at radius 3 is 2.78 bits per heavy atom. The molecule has 0 spiro atoms. The molecule has 1 aromatic rings. The number of hydrogen-bond donors (Lipinski definition) is 1. The summed E-state index contributed by atoms with van der Waals surface area (Å²) in [5.74, 6) is 0.703. The molecule has 0 radical (unpaired) electrons. The molecule has 4 heteroatoms. The molecule has 2 rings (SSSR count). The quantitative estimate of drug-likeness (QED) is 0.872. The highest BCUT2D eigenvalue weighted by atomic mass is 79.9. The zero-order valence-electron chi connectivity index (χ0n) is 9.82. The molecule has 0 aliphatic carbocycles. The third-order valence-corrected chi connectivity index (χ3v) is 3.60.